The van der Waals surface area contributed by atoms with Crippen LogP contribution in [0.5, 0.6) is 0 Å². The van der Waals surface area contributed by atoms with Crippen LogP contribution in [0.15, 0.2) is 133 Å². The van der Waals surface area contributed by atoms with Gasteiger partial charge >= 0.3 is 0 Å². The van der Waals surface area contributed by atoms with Gasteiger partial charge in [0.05, 0.1) is 10.2 Å². The predicted molar refractivity (Wildman–Crippen MR) is 163 cm³/mol. The molecule has 38 heavy (non-hydrogen) atoms. The first-order valence-electron chi connectivity index (χ1n) is 12.7. The van der Waals surface area contributed by atoms with Crippen LogP contribution in [0, 0.1) is 0 Å². The second-order valence-electron chi connectivity index (χ2n) is 9.45. The molecule has 7 aromatic rings. The van der Waals surface area contributed by atoms with Crippen LogP contribution in [0.3, 0.4) is 0 Å². The number of rotatable bonds is 4. The molecule has 6 aromatic carbocycles. The number of thiazole rings is 1. The van der Waals surface area contributed by atoms with Crippen molar-refractivity contribution in [1.82, 2.24) is 4.98 Å². The zero-order valence-corrected chi connectivity index (χ0v) is 21.5. The minimum atomic E-state index is 0.744. The van der Waals surface area contributed by atoms with Crippen molar-refractivity contribution < 1.29 is 0 Å². The average Bonchev–Trinajstić information content (AvgIpc) is 3.41. The fourth-order valence-corrected chi connectivity index (χ4v) is 6.26. The van der Waals surface area contributed by atoms with Crippen LogP contribution in [-0.4, -0.2) is 4.98 Å². The minimum absolute atomic E-state index is 0.744. The van der Waals surface area contributed by atoms with Crippen LogP contribution in [0.1, 0.15) is 0 Å². The van der Waals surface area contributed by atoms with Gasteiger partial charge in [0.1, 0.15) is 5.01 Å². The number of para-hydroxylation sites is 1. The van der Waals surface area contributed by atoms with E-state index in [0.717, 1.165) is 32.0 Å². The number of nitrogens with two attached hydrogens (primary N) is 1. The van der Waals surface area contributed by atoms with Gasteiger partial charge < -0.3 is 5.73 Å². The number of hydrogen-bond donors (Lipinski definition) is 1. The van der Waals surface area contributed by atoms with Gasteiger partial charge in [0.15, 0.2) is 0 Å². The summed E-state index contributed by atoms with van der Waals surface area (Å²) in [6.07, 6.45) is 0. The van der Waals surface area contributed by atoms with E-state index in [1.54, 1.807) is 11.3 Å². The number of nitrogen functional groups attached to an aromatic ring is 1. The molecule has 0 unspecified atom stereocenters. The maximum atomic E-state index is 6.36. The molecule has 0 spiro atoms. The first-order valence-corrected chi connectivity index (χ1v) is 13.5. The Morgan fingerprint density at radius 3 is 2.03 bits per heavy atom. The molecule has 1 heterocycles. The van der Waals surface area contributed by atoms with Crippen molar-refractivity contribution in [2.24, 2.45) is 0 Å². The molecular formula is C35H24N2S. The van der Waals surface area contributed by atoms with Crippen molar-refractivity contribution in [3.8, 4) is 44.0 Å². The van der Waals surface area contributed by atoms with Crippen molar-refractivity contribution in [2.75, 3.05) is 5.73 Å². The van der Waals surface area contributed by atoms with E-state index in [4.69, 9.17) is 10.7 Å². The average molecular weight is 505 g/mol. The Labute approximate surface area is 225 Å². The highest BCUT2D eigenvalue weighted by Gasteiger charge is 2.17. The van der Waals surface area contributed by atoms with Gasteiger partial charge in [0.2, 0.25) is 0 Å². The molecule has 2 nitrogen and oxygen atoms in total. The highest BCUT2D eigenvalue weighted by atomic mass is 32.1. The summed E-state index contributed by atoms with van der Waals surface area (Å²) in [4.78, 5) is 5.17. The lowest BCUT2D eigenvalue weighted by molar-refractivity contribution is 1.47. The summed E-state index contributed by atoms with van der Waals surface area (Å²) in [5.41, 5.74) is 16.2. The van der Waals surface area contributed by atoms with E-state index >= 15 is 0 Å². The molecule has 0 saturated carbocycles. The molecule has 7 rings (SSSR count). The zero-order valence-electron chi connectivity index (χ0n) is 20.6. The Hall–Kier alpha value is -4.73. The summed E-state index contributed by atoms with van der Waals surface area (Å²) in [6, 6.07) is 46.9. The molecule has 0 aliphatic rings. The Balaban J connectivity index is 1.49. The minimum Gasteiger partial charge on any atom is -0.398 e. The number of nitrogens with zero attached hydrogens (tertiary/aromatic N) is 1. The number of benzene rings is 6. The summed E-state index contributed by atoms with van der Waals surface area (Å²) in [6.45, 7) is 0. The smallest absolute Gasteiger partial charge is 0.126 e. The van der Waals surface area contributed by atoms with Crippen molar-refractivity contribution in [3.05, 3.63) is 133 Å². The molecule has 0 fully saturated rings. The molecular weight excluding hydrogens is 480 g/mol. The number of aromatic nitrogens is 1. The SMILES string of the molecule is Nc1ccccc1-c1nc2c(-c3cccc4ccccc34)cc(-c3cccc(-c4ccccc4)c3)cc2s1. The van der Waals surface area contributed by atoms with E-state index in [1.807, 2.05) is 18.2 Å². The van der Waals surface area contributed by atoms with Crippen LogP contribution in [0.25, 0.3) is 64.9 Å². The van der Waals surface area contributed by atoms with E-state index in [-0.39, 0.29) is 0 Å². The summed E-state index contributed by atoms with van der Waals surface area (Å²) in [5.74, 6) is 0. The second kappa shape index (κ2) is 9.29. The van der Waals surface area contributed by atoms with Crippen molar-refractivity contribution in [3.63, 3.8) is 0 Å². The lowest BCUT2D eigenvalue weighted by atomic mass is 9.93. The third-order valence-electron chi connectivity index (χ3n) is 7.07. The van der Waals surface area contributed by atoms with Crippen LogP contribution in [0.4, 0.5) is 5.69 Å². The number of anilines is 1. The number of hydrogen-bond acceptors (Lipinski definition) is 3. The van der Waals surface area contributed by atoms with Gasteiger partial charge in [-0.3, -0.25) is 0 Å². The quantitative estimate of drug-likeness (QED) is 0.242. The molecule has 3 heteroatoms. The van der Waals surface area contributed by atoms with E-state index < -0.39 is 0 Å². The molecule has 0 aliphatic carbocycles. The van der Waals surface area contributed by atoms with Gasteiger partial charge in [0.25, 0.3) is 0 Å². The summed E-state index contributed by atoms with van der Waals surface area (Å²) in [7, 11) is 0. The van der Waals surface area contributed by atoms with E-state index in [1.165, 1.54) is 38.6 Å². The molecule has 1 aromatic heterocycles. The van der Waals surface area contributed by atoms with Gasteiger partial charge in [-0.25, -0.2) is 4.98 Å². The second-order valence-corrected chi connectivity index (χ2v) is 10.5. The zero-order chi connectivity index (χ0) is 25.5. The molecule has 0 radical (unpaired) electrons. The third kappa shape index (κ3) is 3.94. The van der Waals surface area contributed by atoms with Gasteiger partial charge in [-0.2, -0.15) is 0 Å². The van der Waals surface area contributed by atoms with E-state index in [0.29, 0.717) is 0 Å². The lowest BCUT2D eigenvalue weighted by Gasteiger charge is -2.11. The van der Waals surface area contributed by atoms with E-state index in [2.05, 4.69) is 115 Å². The van der Waals surface area contributed by atoms with Crippen LogP contribution < -0.4 is 5.73 Å². The largest absolute Gasteiger partial charge is 0.398 e. The first kappa shape index (κ1) is 22.5. The number of fused-ring (bicyclic) bond motifs is 2. The summed E-state index contributed by atoms with van der Waals surface area (Å²) < 4.78 is 1.15. The Morgan fingerprint density at radius 2 is 1.16 bits per heavy atom. The van der Waals surface area contributed by atoms with E-state index in [9.17, 15) is 0 Å². The third-order valence-corrected chi connectivity index (χ3v) is 8.10. The monoisotopic (exact) mass is 504 g/mol. The van der Waals surface area contributed by atoms with Crippen LogP contribution in [-0.2, 0) is 0 Å². The van der Waals surface area contributed by atoms with Crippen molar-refractivity contribution >= 4 is 38.0 Å². The maximum Gasteiger partial charge on any atom is 0.126 e. The standard InChI is InChI=1S/C35H24N2S/c36-32-19-7-6-17-30(32)35-37-34-31(29-18-9-13-24-12-4-5-16-28(24)29)21-27(22-33(34)38-35)26-15-8-14-25(20-26)23-10-2-1-3-11-23/h1-22H,36H2. The predicted octanol–water partition coefficient (Wildman–Crippen LogP) is 9.70. The highest BCUT2D eigenvalue weighted by molar-refractivity contribution is 7.21. The maximum absolute atomic E-state index is 6.36. The fourth-order valence-electron chi connectivity index (χ4n) is 5.18. The molecule has 0 amide bonds. The molecule has 180 valence electrons. The normalized spacial score (nSPS) is 11.3. The van der Waals surface area contributed by atoms with Crippen molar-refractivity contribution in [2.45, 2.75) is 0 Å². The van der Waals surface area contributed by atoms with Gasteiger partial charge in [-0.05, 0) is 68.9 Å². The fraction of sp³-hybridized carbons (Fsp3) is 0. The molecule has 2 N–H and O–H groups in total. The van der Waals surface area contributed by atoms with Gasteiger partial charge in [-0.15, -0.1) is 11.3 Å². The summed E-state index contributed by atoms with van der Waals surface area (Å²) in [5, 5.41) is 3.38. The molecule has 0 aliphatic heterocycles. The Kier molecular flexibility index (Phi) is 5.49. The molecule has 0 bridgehead atoms. The molecule has 0 saturated heterocycles. The Bertz CT molecular complexity index is 1930. The lowest BCUT2D eigenvalue weighted by Crippen LogP contribution is -1.89. The van der Waals surface area contributed by atoms with Crippen molar-refractivity contribution in [1.29, 1.82) is 0 Å². The van der Waals surface area contributed by atoms with Crippen LogP contribution in [0.2, 0.25) is 0 Å². The first-order chi connectivity index (χ1) is 18.7. The summed E-state index contributed by atoms with van der Waals surface area (Å²) >= 11 is 1.70. The Morgan fingerprint density at radius 1 is 0.500 bits per heavy atom. The van der Waals surface area contributed by atoms with Gasteiger partial charge in [0, 0.05) is 16.8 Å². The van der Waals surface area contributed by atoms with Crippen LogP contribution >= 0.6 is 11.3 Å². The highest BCUT2D eigenvalue weighted by Crippen LogP contribution is 2.42. The molecule has 0 atom stereocenters. The topological polar surface area (TPSA) is 38.9 Å². The van der Waals surface area contributed by atoms with Gasteiger partial charge in [-0.1, -0.05) is 103 Å².